The second-order valence-electron chi connectivity index (χ2n) is 5.36. The molecule has 0 fully saturated rings. The van der Waals surface area contributed by atoms with E-state index in [1.165, 1.54) is 0 Å². The number of benzene rings is 1. The molecule has 0 aliphatic rings. The van der Waals surface area contributed by atoms with Crippen molar-refractivity contribution in [2.24, 2.45) is 5.73 Å². The molecule has 2 aromatic rings. The summed E-state index contributed by atoms with van der Waals surface area (Å²) >= 11 is 0. The van der Waals surface area contributed by atoms with Crippen LogP contribution in [-0.4, -0.2) is 35.7 Å². The number of nitrogens with one attached hydrogen (secondary N) is 1. The number of amides is 1. The monoisotopic (exact) mass is 318 g/mol. The van der Waals surface area contributed by atoms with Crippen molar-refractivity contribution in [2.75, 3.05) is 13.7 Å². The number of carbonyl (C=O) groups excluding carboxylic acids is 1. The zero-order chi connectivity index (χ0) is 16.7. The molecule has 1 atom stereocenters. The summed E-state index contributed by atoms with van der Waals surface area (Å²) in [7, 11) is 1.61. The first-order valence-corrected chi connectivity index (χ1v) is 7.57. The molecule has 1 unspecified atom stereocenters. The van der Waals surface area contributed by atoms with Gasteiger partial charge < -0.3 is 20.3 Å². The molecule has 1 amide bonds. The summed E-state index contributed by atoms with van der Waals surface area (Å²) in [6.07, 6.45) is 1.48. The number of methoxy groups -OCH3 is 1. The summed E-state index contributed by atoms with van der Waals surface area (Å²) < 4.78 is 10.3. The molecular weight excluding hydrogens is 296 g/mol. The summed E-state index contributed by atoms with van der Waals surface area (Å²) in [5, 5.41) is 6.74. The van der Waals surface area contributed by atoms with E-state index in [1.807, 2.05) is 31.2 Å². The van der Waals surface area contributed by atoms with Gasteiger partial charge in [-0.15, -0.1) is 0 Å². The SMILES string of the molecule is COc1ccc(-c2noc(CCC(=O)NCCC(C)N)n2)cc1. The van der Waals surface area contributed by atoms with Gasteiger partial charge in [-0.2, -0.15) is 4.98 Å². The number of hydrogen-bond donors (Lipinski definition) is 2. The number of carbonyl (C=O) groups is 1. The minimum absolute atomic E-state index is 0.0464. The van der Waals surface area contributed by atoms with Crippen LogP contribution in [0.3, 0.4) is 0 Å². The molecule has 0 aliphatic carbocycles. The maximum absolute atomic E-state index is 11.7. The van der Waals surface area contributed by atoms with Crippen molar-refractivity contribution in [1.29, 1.82) is 0 Å². The van der Waals surface area contributed by atoms with Crippen LogP contribution in [0.2, 0.25) is 0 Å². The normalized spacial score (nSPS) is 12.0. The number of nitrogens with two attached hydrogens (primary N) is 1. The first kappa shape index (κ1) is 17.0. The molecule has 7 nitrogen and oxygen atoms in total. The Hall–Kier alpha value is -2.41. The third-order valence-corrected chi connectivity index (χ3v) is 3.30. The van der Waals surface area contributed by atoms with Crippen molar-refractivity contribution in [1.82, 2.24) is 15.5 Å². The smallest absolute Gasteiger partial charge is 0.227 e. The molecule has 0 bridgehead atoms. The van der Waals surface area contributed by atoms with Gasteiger partial charge in [-0.3, -0.25) is 4.79 Å². The maximum atomic E-state index is 11.7. The van der Waals surface area contributed by atoms with Gasteiger partial charge in [0, 0.05) is 31.0 Å². The molecule has 0 radical (unpaired) electrons. The first-order valence-electron chi connectivity index (χ1n) is 7.57. The molecule has 0 saturated carbocycles. The Balaban J connectivity index is 1.83. The quantitative estimate of drug-likeness (QED) is 0.765. The van der Waals surface area contributed by atoms with Crippen molar-refractivity contribution in [3.8, 4) is 17.1 Å². The van der Waals surface area contributed by atoms with Gasteiger partial charge in [0.05, 0.1) is 7.11 Å². The zero-order valence-corrected chi connectivity index (χ0v) is 13.4. The molecule has 23 heavy (non-hydrogen) atoms. The molecule has 7 heteroatoms. The largest absolute Gasteiger partial charge is 0.497 e. The van der Waals surface area contributed by atoms with E-state index in [0.29, 0.717) is 31.1 Å². The Morgan fingerprint density at radius 2 is 2.13 bits per heavy atom. The van der Waals surface area contributed by atoms with E-state index in [1.54, 1.807) is 7.11 Å². The summed E-state index contributed by atoms with van der Waals surface area (Å²) in [6, 6.07) is 7.45. The highest BCUT2D eigenvalue weighted by Crippen LogP contribution is 2.19. The molecule has 124 valence electrons. The summed E-state index contributed by atoms with van der Waals surface area (Å²) in [4.78, 5) is 16.0. The van der Waals surface area contributed by atoms with Crippen LogP contribution < -0.4 is 15.8 Å². The lowest BCUT2D eigenvalue weighted by Crippen LogP contribution is -2.29. The first-order chi connectivity index (χ1) is 11.1. The number of aryl methyl sites for hydroxylation is 1. The average molecular weight is 318 g/mol. The molecule has 3 N–H and O–H groups in total. The van der Waals surface area contributed by atoms with Gasteiger partial charge in [0.25, 0.3) is 0 Å². The number of hydrogen-bond acceptors (Lipinski definition) is 6. The Morgan fingerprint density at radius 3 is 2.78 bits per heavy atom. The molecule has 1 aromatic heterocycles. The van der Waals surface area contributed by atoms with Gasteiger partial charge in [0.2, 0.25) is 17.6 Å². The van der Waals surface area contributed by atoms with E-state index in [0.717, 1.165) is 17.7 Å². The van der Waals surface area contributed by atoms with Crippen LogP contribution in [0.4, 0.5) is 0 Å². The van der Waals surface area contributed by atoms with Crippen molar-refractivity contribution >= 4 is 5.91 Å². The lowest BCUT2D eigenvalue weighted by atomic mass is 10.2. The van der Waals surface area contributed by atoms with E-state index in [2.05, 4.69) is 15.5 Å². The van der Waals surface area contributed by atoms with Crippen molar-refractivity contribution in [2.45, 2.75) is 32.2 Å². The van der Waals surface area contributed by atoms with E-state index >= 15 is 0 Å². The van der Waals surface area contributed by atoms with Crippen LogP contribution in [0.25, 0.3) is 11.4 Å². The highest BCUT2D eigenvalue weighted by molar-refractivity contribution is 5.76. The number of nitrogens with zero attached hydrogens (tertiary/aromatic N) is 2. The highest BCUT2D eigenvalue weighted by Gasteiger charge is 2.10. The van der Waals surface area contributed by atoms with Gasteiger partial charge in [0.1, 0.15) is 5.75 Å². The summed E-state index contributed by atoms with van der Waals surface area (Å²) in [5.74, 6) is 1.66. The number of rotatable bonds is 8. The van der Waals surface area contributed by atoms with Gasteiger partial charge in [-0.05, 0) is 37.6 Å². The molecule has 0 aliphatic heterocycles. The van der Waals surface area contributed by atoms with Crippen molar-refractivity contribution in [3.05, 3.63) is 30.2 Å². The molecular formula is C16H22N4O3. The van der Waals surface area contributed by atoms with Crippen LogP contribution in [-0.2, 0) is 11.2 Å². The summed E-state index contributed by atoms with van der Waals surface area (Å²) in [5.41, 5.74) is 6.46. The highest BCUT2D eigenvalue weighted by atomic mass is 16.5. The van der Waals surface area contributed by atoms with E-state index in [4.69, 9.17) is 15.0 Å². The fraction of sp³-hybridized carbons (Fsp3) is 0.438. The fourth-order valence-corrected chi connectivity index (χ4v) is 1.96. The lowest BCUT2D eigenvalue weighted by molar-refractivity contribution is -0.121. The van der Waals surface area contributed by atoms with E-state index < -0.39 is 0 Å². The maximum Gasteiger partial charge on any atom is 0.227 e. The van der Waals surface area contributed by atoms with Crippen LogP contribution in [0.1, 0.15) is 25.7 Å². The standard InChI is InChI=1S/C16H22N4O3/c1-11(17)9-10-18-14(21)7-8-15-19-16(20-23-15)12-3-5-13(22-2)6-4-12/h3-6,11H,7-10,17H2,1-2H3,(H,18,21). The van der Waals surface area contributed by atoms with Crippen LogP contribution in [0.5, 0.6) is 5.75 Å². The van der Waals surface area contributed by atoms with Crippen molar-refractivity contribution < 1.29 is 14.1 Å². The van der Waals surface area contributed by atoms with E-state index in [9.17, 15) is 4.79 Å². The predicted molar refractivity (Wildman–Crippen MR) is 85.9 cm³/mol. The fourth-order valence-electron chi connectivity index (χ4n) is 1.96. The Bertz CT molecular complexity index is 623. The van der Waals surface area contributed by atoms with Crippen molar-refractivity contribution in [3.63, 3.8) is 0 Å². The Morgan fingerprint density at radius 1 is 1.39 bits per heavy atom. The Labute approximate surface area is 135 Å². The van der Waals surface area contributed by atoms with Gasteiger partial charge in [-0.25, -0.2) is 0 Å². The van der Waals surface area contributed by atoms with Crippen LogP contribution >= 0.6 is 0 Å². The molecule has 2 rings (SSSR count). The number of aromatic nitrogens is 2. The van der Waals surface area contributed by atoms with Gasteiger partial charge in [-0.1, -0.05) is 5.16 Å². The molecule has 1 aromatic carbocycles. The molecule has 0 spiro atoms. The van der Waals surface area contributed by atoms with Gasteiger partial charge in [0.15, 0.2) is 0 Å². The third-order valence-electron chi connectivity index (χ3n) is 3.30. The van der Waals surface area contributed by atoms with Crippen LogP contribution in [0, 0.1) is 0 Å². The Kier molecular flexibility index (Phi) is 6.10. The second kappa shape index (κ2) is 8.28. The third kappa shape index (κ3) is 5.37. The summed E-state index contributed by atoms with van der Waals surface area (Å²) in [6.45, 7) is 2.49. The number of ether oxygens (including phenoxy) is 1. The van der Waals surface area contributed by atoms with E-state index in [-0.39, 0.29) is 11.9 Å². The van der Waals surface area contributed by atoms with Crippen LogP contribution in [0.15, 0.2) is 28.8 Å². The topological polar surface area (TPSA) is 103 Å². The minimum atomic E-state index is -0.0464. The lowest BCUT2D eigenvalue weighted by Gasteiger charge is -2.06. The predicted octanol–water partition coefficient (Wildman–Crippen LogP) is 1.53. The minimum Gasteiger partial charge on any atom is -0.497 e. The molecule has 1 heterocycles. The molecule has 0 saturated heterocycles. The zero-order valence-electron chi connectivity index (χ0n) is 13.4. The average Bonchev–Trinajstić information content (AvgIpc) is 3.01. The second-order valence-corrected chi connectivity index (χ2v) is 5.36. The van der Waals surface area contributed by atoms with Gasteiger partial charge >= 0.3 is 0 Å².